The van der Waals surface area contributed by atoms with Crippen LogP contribution in [0.3, 0.4) is 0 Å². The molecule has 20 heavy (non-hydrogen) atoms. The first-order valence-corrected chi connectivity index (χ1v) is 7.62. The molecule has 1 aromatic carbocycles. The Kier molecular flexibility index (Phi) is 9.29. The SMILES string of the molecule is CCN(CCOCCOC)C(C)CCc1ccccc1. The molecule has 0 aliphatic heterocycles. The molecule has 3 heteroatoms. The number of nitrogens with zero attached hydrogens (tertiary/aromatic N) is 1. The van der Waals surface area contributed by atoms with E-state index in [1.54, 1.807) is 7.11 Å². The molecule has 1 unspecified atom stereocenters. The summed E-state index contributed by atoms with van der Waals surface area (Å²) in [4.78, 5) is 2.48. The molecule has 0 bridgehead atoms. The second-order valence-electron chi connectivity index (χ2n) is 5.11. The molecule has 3 nitrogen and oxygen atoms in total. The molecule has 0 radical (unpaired) electrons. The summed E-state index contributed by atoms with van der Waals surface area (Å²) in [6, 6.07) is 11.3. The molecule has 0 aliphatic rings. The molecule has 1 atom stereocenters. The van der Waals surface area contributed by atoms with Gasteiger partial charge in [0, 0.05) is 19.7 Å². The Morgan fingerprint density at radius 2 is 1.85 bits per heavy atom. The van der Waals surface area contributed by atoms with E-state index in [1.165, 1.54) is 12.0 Å². The Labute approximate surface area is 123 Å². The van der Waals surface area contributed by atoms with Crippen LogP contribution in [0.5, 0.6) is 0 Å². The fourth-order valence-corrected chi connectivity index (χ4v) is 2.32. The van der Waals surface area contributed by atoms with Crippen molar-refractivity contribution in [2.24, 2.45) is 0 Å². The number of aryl methyl sites for hydroxylation is 1. The first kappa shape index (κ1) is 17.2. The van der Waals surface area contributed by atoms with E-state index >= 15 is 0 Å². The summed E-state index contributed by atoms with van der Waals surface area (Å²) in [7, 11) is 1.70. The van der Waals surface area contributed by atoms with E-state index in [-0.39, 0.29) is 0 Å². The highest BCUT2D eigenvalue weighted by atomic mass is 16.5. The highest BCUT2D eigenvalue weighted by Crippen LogP contribution is 2.09. The lowest BCUT2D eigenvalue weighted by Gasteiger charge is -2.27. The van der Waals surface area contributed by atoms with Crippen LogP contribution in [0.25, 0.3) is 0 Å². The number of likely N-dealkylation sites (N-methyl/N-ethyl adjacent to an activating group) is 1. The first-order chi connectivity index (χ1) is 9.77. The van der Waals surface area contributed by atoms with Gasteiger partial charge in [-0.3, -0.25) is 4.90 Å². The van der Waals surface area contributed by atoms with Gasteiger partial charge in [-0.2, -0.15) is 0 Å². The van der Waals surface area contributed by atoms with Gasteiger partial charge in [0.1, 0.15) is 0 Å². The molecule has 0 aromatic heterocycles. The minimum absolute atomic E-state index is 0.589. The molecule has 1 aromatic rings. The van der Waals surface area contributed by atoms with E-state index in [0.717, 1.165) is 26.1 Å². The third kappa shape index (κ3) is 7.04. The van der Waals surface area contributed by atoms with Gasteiger partial charge in [0.15, 0.2) is 0 Å². The summed E-state index contributed by atoms with van der Waals surface area (Å²) >= 11 is 0. The maximum atomic E-state index is 5.55. The van der Waals surface area contributed by atoms with Gasteiger partial charge < -0.3 is 9.47 Å². The van der Waals surface area contributed by atoms with E-state index in [9.17, 15) is 0 Å². The number of hydrogen-bond donors (Lipinski definition) is 0. The fraction of sp³-hybridized carbons (Fsp3) is 0.647. The molecule has 0 heterocycles. The summed E-state index contributed by atoms with van der Waals surface area (Å²) in [6.07, 6.45) is 2.33. The number of methoxy groups -OCH3 is 1. The maximum Gasteiger partial charge on any atom is 0.0700 e. The zero-order valence-electron chi connectivity index (χ0n) is 13.2. The molecule has 0 amide bonds. The molecule has 0 saturated carbocycles. The van der Waals surface area contributed by atoms with E-state index in [1.807, 2.05) is 0 Å². The number of benzene rings is 1. The Morgan fingerprint density at radius 1 is 1.10 bits per heavy atom. The van der Waals surface area contributed by atoms with Gasteiger partial charge in [0.05, 0.1) is 19.8 Å². The average Bonchev–Trinajstić information content (AvgIpc) is 2.49. The standard InChI is InChI=1S/C17H29NO2/c1-4-18(12-13-20-15-14-19-3)16(2)10-11-17-8-6-5-7-9-17/h5-9,16H,4,10-15H2,1-3H3. The maximum absolute atomic E-state index is 5.55. The Hall–Kier alpha value is -0.900. The molecular formula is C17H29NO2. The Balaban J connectivity index is 2.22. The third-order valence-electron chi connectivity index (χ3n) is 3.68. The largest absolute Gasteiger partial charge is 0.382 e. The van der Waals surface area contributed by atoms with Crippen LogP contribution in [0.2, 0.25) is 0 Å². The van der Waals surface area contributed by atoms with Crippen LogP contribution in [0, 0.1) is 0 Å². The van der Waals surface area contributed by atoms with Crippen LogP contribution in [0.1, 0.15) is 25.8 Å². The molecule has 0 spiro atoms. The van der Waals surface area contributed by atoms with Crippen LogP contribution < -0.4 is 0 Å². The molecule has 114 valence electrons. The van der Waals surface area contributed by atoms with Gasteiger partial charge in [-0.05, 0) is 31.9 Å². The third-order valence-corrected chi connectivity index (χ3v) is 3.68. The van der Waals surface area contributed by atoms with Crippen molar-refractivity contribution >= 4 is 0 Å². The lowest BCUT2D eigenvalue weighted by atomic mass is 10.1. The minimum atomic E-state index is 0.589. The zero-order chi connectivity index (χ0) is 14.6. The Morgan fingerprint density at radius 3 is 2.50 bits per heavy atom. The monoisotopic (exact) mass is 279 g/mol. The van der Waals surface area contributed by atoms with Crippen LogP contribution >= 0.6 is 0 Å². The summed E-state index contributed by atoms with van der Waals surface area (Å²) in [5, 5.41) is 0. The van der Waals surface area contributed by atoms with Crippen molar-refractivity contribution < 1.29 is 9.47 Å². The van der Waals surface area contributed by atoms with Gasteiger partial charge in [-0.25, -0.2) is 0 Å². The number of ether oxygens (including phenoxy) is 2. The Bertz CT molecular complexity index is 329. The summed E-state index contributed by atoms with van der Waals surface area (Å²) < 4.78 is 10.5. The lowest BCUT2D eigenvalue weighted by Crippen LogP contribution is -2.36. The van der Waals surface area contributed by atoms with Crippen LogP contribution in [-0.2, 0) is 15.9 Å². The predicted octanol–water partition coefficient (Wildman–Crippen LogP) is 2.99. The lowest BCUT2D eigenvalue weighted by molar-refractivity contribution is 0.0512. The minimum Gasteiger partial charge on any atom is -0.382 e. The topological polar surface area (TPSA) is 21.7 Å². The van der Waals surface area contributed by atoms with Gasteiger partial charge in [-0.15, -0.1) is 0 Å². The quantitative estimate of drug-likeness (QED) is 0.581. The van der Waals surface area contributed by atoms with E-state index in [0.29, 0.717) is 19.3 Å². The highest BCUT2D eigenvalue weighted by molar-refractivity contribution is 5.14. The van der Waals surface area contributed by atoms with Crippen molar-refractivity contribution in [2.45, 2.75) is 32.7 Å². The molecule has 0 saturated heterocycles. The molecule has 0 N–H and O–H groups in total. The van der Waals surface area contributed by atoms with Gasteiger partial charge in [0.2, 0.25) is 0 Å². The van der Waals surface area contributed by atoms with E-state index in [2.05, 4.69) is 49.1 Å². The van der Waals surface area contributed by atoms with Gasteiger partial charge in [-0.1, -0.05) is 37.3 Å². The van der Waals surface area contributed by atoms with Crippen LogP contribution in [-0.4, -0.2) is 51.0 Å². The fourth-order valence-electron chi connectivity index (χ4n) is 2.32. The second kappa shape index (κ2) is 10.8. The average molecular weight is 279 g/mol. The van der Waals surface area contributed by atoms with Crippen molar-refractivity contribution in [3.8, 4) is 0 Å². The molecule has 0 aliphatic carbocycles. The van der Waals surface area contributed by atoms with E-state index < -0.39 is 0 Å². The van der Waals surface area contributed by atoms with E-state index in [4.69, 9.17) is 9.47 Å². The number of hydrogen-bond acceptors (Lipinski definition) is 3. The smallest absolute Gasteiger partial charge is 0.0700 e. The van der Waals surface area contributed by atoms with Crippen LogP contribution in [0.4, 0.5) is 0 Å². The predicted molar refractivity (Wildman–Crippen MR) is 84.2 cm³/mol. The first-order valence-electron chi connectivity index (χ1n) is 7.62. The van der Waals surface area contributed by atoms with Gasteiger partial charge in [0.25, 0.3) is 0 Å². The number of rotatable bonds is 11. The van der Waals surface area contributed by atoms with Crippen molar-refractivity contribution in [2.75, 3.05) is 40.0 Å². The zero-order valence-corrected chi connectivity index (χ0v) is 13.2. The summed E-state index contributed by atoms with van der Waals surface area (Å²) in [5.74, 6) is 0. The molecule has 1 rings (SSSR count). The van der Waals surface area contributed by atoms with Crippen molar-refractivity contribution in [1.82, 2.24) is 4.90 Å². The normalized spacial score (nSPS) is 12.8. The second-order valence-corrected chi connectivity index (χ2v) is 5.11. The molecular weight excluding hydrogens is 250 g/mol. The summed E-state index contributed by atoms with van der Waals surface area (Å²) in [5.41, 5.74) is 1.42. The highest BCUT2D eigenvalue weighted by Gasteiger charge is 2.11. The summed E-state index contributed by atoms with van der Waals surface area (Å²) in [6.45, 7) is 8.74. The molecule has 0 fully saturated rings. The van der Waals surface area contributed by atoms with Crippen molar-refractivity contribution in [1.29, 1.82) is 0 Å². The van der Waals surface area contributed by atoms with Crippen molar-refractivity contribution in [3.05, 3.63) is 35.9 Å². The van der Waals surface area contributed by atoms with Crippen LogP contribution in [0.15, 0.2) is 30.3 Å². The van der Waals surface area contributed by atoms with Gasteiger partial charge >= 0.3 is 0 Å². The van der Waals surface area contributed by atoms with Crippen molar-refractivity contribution in [3.63, 3.8) is 0 Å².